The summed E-state index contributed by atoms with van der Waals surface area (Å²) in [5.74, 6) is 0.0411. The fourth-order valence-corrected chi connectivity index (χ4v) is 2.18. The van der Waals surface area contributed by atoms with Gasteiger partial charge in [-0.3, -0.25) is 4.79 Å². The van der Waals surface area contributed by atoms with Crippen LogP contribution in [0, 0.1) is 0 Å². The van der Waals surface area contributed by atoms with Crippen molar-refractivity contribution >= 4 is 22.7 Å². The molecular formula is C17H19N5O2. The third kappa shape index (κ3) is 3.34. The Labute approximate surface area is 139 Å². The van der Waals surface area contributed by atoms with Crippen LogP contribution in [0.15, 0.2) is 35.0 Å². The molecule has 3 rings (SSSR count). The second kappa shape index (κ2) is 5.92. The van der Waals surface area contributed by atoms with Gasteiger partial charge in [0.25, 0.3) is 5.89 Å². The first-order valence-corrected chi connectivity index (χ1v) is 7.58. The molecule has 7 nitrogen and oxygen atoms in total. The second-order valence-corrected chi connectivity index (χ2v) is 6.58. The van der Waals surface area contributed by atoms with Crippen molar-refractivity contribution in [2.45, 2.75) is 32.7 Å². The van der Waals surface area contributed by atoms with E-state index in [0.29, 0.717) is 17.6 Å². The van der Waals surface area contributed by atoms with Crippen molar-refractivity contribution in [3.8, 4) is 0 Å². The summed E-state index contributed by atoms with van der Waals surface area (Å²) in [6.07, 6.45) is 3.64. The van der Waals surface area contributed by atoms with E-state index in [0.717, 1.165) is 17.1 Å². The topological polar surface area (TPSA) is 107 Å². The Hall–Kier alpha value is -2.96. The molecule has 0 bridgehead atoms. The van der Waals surface area contributed by atoms with Crippen molar-refractivity contribution in [2.24, 2.45) is 5.73 Å². The van der Waals surface area contributed by atoms with Gasteiger partial charge in [0.15, 0.2) is 5.58 Å². The first kappa shape index (κ1) is 15.9. The van der Waals surface area contributed by atoms with E-state index in [1.807, 2.05) is 18.5 Å². The van der Waals surface area contributed by atoms with Gasteiger partial charge in [-0.25, -0.2) is 15.0 Å². The van der Waals surface area contributed by atoms with Gasteiger partial charge in [0, 0.05) is 35.6 Å². The lowest BCUT2D eigenvalue weighted by Gasteiger charge is -2.16. The Balaban J connectivity index is 1.72. The maximum atomic E-state index is 11.1. The highest BCUT2D eigenvalue weighted by Crippen LogP contribution is 2.21. The van der Waals surface area contributed by atoms with Gasteiger partial charge in [-0.05, 0) is 18.2 Å². The third-order valence-corrected chi connectivity index (χ3v) is 3.47. The molecule has 7 heteroatoms. The molecular weight excluding hydrogens is 306 g/mol. The van der Waals surface area contributed by atoms with E-state index >= 15 is 0 Å². The van der Waals surface area contributed by atoms with Crippen LogP contribution in [-0.4, -0.2) is 20.9 Å². The zero-order valence-electron chi connectivity index (χ0n) is 13.8. The summed E-state index contributed by atoms with van der Waals surface area (Å²) in [7, 11) is 0. The number of aromatic nitrogens is 3. The van der Waals surface area contributed by atoms with Gasteiger partial charge in [-0.1, -0.05) is 20.8 Å². The lowest BCUT2D eigenvalue weighted by atomic mass is 9.96. The summed E-state index contributed by atoms with van der Waals surface area (Å²) in [5.41, 5.74) is 8.03. The van der Waals surface area contributed by atoms with Crippen molar-refractivity contribution in [2.75, 3.05) is 5.32 Å². The van der Waals surface area contributed by atoms with E-state index < -0.39 is 5.91 Å². The summed E-state index contributed by atoms with van der Waals surface area (Å²) in [6.45, 7) is 6.81. The van der Waals surface area contributed by atoms with E-state index in [-0.39, 0.29) is 11.3 Å². The molecule has 0 spiro atoms. The molecule has 0 aliphatic carbocycles. The quantitative estimate of drug-likeness (QED) is 0.763. The monoisotopic (exact) mass is 325 g/mol. The normalized spacial score (nSPS) is 11.6. The number of nitrogens with one attached hydrogen (secondary N) is 1. The number of anilines is 1. The molecule has 2 aromatic heterocycles. The number of oxazole rings is 1. The van der Waals surface area contributed by atoms with Crippen molar-refractivity contribution in [1.82, 2.24) is 15.0 Å². The number of carbonyl (C=O) groups is 1. The van der Waals surface area contributed by atoms with E-state index in [4.69, 9.17) is 10.2 Å². The van der Waals surface area contributed by atoms with Crippen LogP contribution in [0.2, 0.25) is 0 Å². The number of rotatable bonds is 4. The van der Waals surface area contributed by atoms with Gasteiger partial charge < -0.3 is 15.5 Å². The molecule has 0 radical (unpaired) electrons. The Morgan fingerprint density at radius 3 is 2.58 bits per heavy atom. The number of nitrogens with two attached hydrogens (primary N) is 1. The summed E-state index contributed by atoms with van der Waals surface area (Å²) in [4.78, 5) is 24.0. The zero-order valence-corrected chi connectivity index (χ0v) is 13.8. The molecule has 0 saturated carbocycles. The molecule has 0 fully saturated rings. The fraction of sp³-hybridized carbons (Fsp3) is 0.294. The number of hydrogen-bond acceptors (Lipinski definition) is 6. The molecule has 1 amide bonds. The van der Waals surface area contributed by atoms with Crippen LogP contribution < -0.4 is 11.1 Å². The Bertz CT molecular complexity index is 878. The standard InChI is InChI=1S/C17H19N5O2/c1-17(2,3)16-20-8-10(9-21-16)7-19-11-4-5-13-12(6-11)22-15(24-13)14(18)23/h4-6,8-9,19H,7H2,1-3H3,(H2,18,23). The van der Waals surface area contributed by atoms with E-state index in [1.54, 1.807) is 12.1 Å². The van der Waals surface area contributed by atoms with Crippen molar-refractivity contribution in [1.29, 1.82) is 0 Å². The highest BCUT2D eigenvalue weighted by atomic mass is 16.4. The highest BCUT2D eigenvalue weighted by Gasteiger charge is 2.16. The van der Waals surface area contributed by atoms with Crippen LogP contribution in [0.5, 0.6) is 0 Å². The van der Waals surface area contributed by atoms with Crippen LogP contribution in [0.1, 0.15) is 42.8 Å². The molecule has 0 atom stereocenters. The Kier molecular flexibility index (Phi) is 3.92. The average molecular weight is 325 g/mol. The van der Waals surface area contributed by atoms with Crippen molar-refractivity contribution in [3.05, 3.63) is 47.9 Å². The van der Waals surface area contributed by atoms with Crippen LogP contribution in [-0.2, 0) is 12.0 Å². The first-order valence-electron chi connectivity index (χ1n) is 7.58. The molecule has 3 aromatic rings. The van der Waals surface area contributed by atoms with Gasteiger partial charge >= 0.3 is 5.91 Å². The van der Waals surface area contributed by atoms with Crippen LogP contribution in [0.3, 0.4) is 0 Å². The minimum absolute atomic E-state index is 0.0674. The van der Waals surface area contributed by atoms with Gasteiger partial charge in [-0.15, -0.1) is 0 Å². The largest absolute Gasteiger partial charge is 0.432 e. The zero-order chi connectivity index (χ0) is 17.3. The van der Waals surface area contributed by atoms with Crippen LogP contribution >= 0.6 is 0 Å². The summed E-state index contributed by atoms with van der Waals surface area (Å²) < 4.78 is 5.26. The van der Waals surface area contributed by atoms with Crippen LogP contribution in [0.25, 0.3) is 11.1 Å². The SMILES string of the molecule is CC(C)(C)c1ncc(CNc2ccc3oc(C(N)=O)nc3c2)cn1. The average Bonchev–Trinajstić information content (AvgIpc) is 2.96. The summed E-state index contributed by atoms with van der Waals surface area (Å²) >= 11 is 0. The van der Waals surface area contributed by atoms with Gasteiger partial charge in [-0.2, -0.15) is 0 Å². The number of fused-ring (bicyclic) bond motifs is 1. The lowest BCUT2D eigenvalue weighted by molar-refractivity contribution is 0.0969. The molecule has 0 aliphatic rings. The molecule has 24 heavy (non-hydrogen) atoms. The maximum absolute atomic E-state index is 11.1. The number of hydrogen-bond donors (Lipinski definition) is 2. The highest BCUT2D eigenvalue weighted by molar-refractivity contribution is 5.91. The summed E-state index contributed by atoms with van der Waals surface area (Å²) in [5, 5.41) is 3.27. The van der Waals surface area contributed by atoms with E-state index in [2.05, 4.69) is 41.0 Å². The smallest absolute Gasteiger partial charge is 0.304 e. The molecule has 0 unspecified atom stereocenters. The molecule has 3 N–H and O–H groups in total. The molecule has 0 saturated heterocycles. The van der Waals surface area contributed by atoms with E-state index in [9.17, 15) is 4.79 Å². The lowest BCUT2D eigenvalue weighted by Crippen LogP contribution is -2.16. The van der Waals surface area contributed by atoms with Gasteiger partial charge in [0.2, 0.25) is 0 Å². The number of carbonyl (C=O) groups excluding carboxylic acids is 1. The molecule has 1 aromatic carbocycles. The number of primary amides is 1. The predicted molar refractivity (Wildman–Crippen MR) is 90.6 cm³/mol. The van der Waals surface area contributed by atoms with Gasteiger partial charge in [0.1, 0.15) is 11.3 Å². The molecule has 0 aliphatic heterocycles. The predicted octanol–water partition coefficient (Wildman–Crippen LogP) is 2.63. The molecule has 2 heterocycles. The van der Waals surface area contributed by atoms with Gasteiger partial charge in [0.05, 0.1) is 0 Å². The number of benzene rings is 1. The number of amides is 1. The van der Waals surface area contributed by atoms with Crippen molar-refractivity contribution in [3.63, 3.8) is 0 Å². The third-order valence-electron chi connectivity index (χ3n) is 3.47. The second-order valence-electron chi connectivity index (χ2n) is 6.58. The van der Waals surface area contributed by atoms with E-state index in [1.165, 1.54) is 0 Å². The van der Waals surface area contributed by atoms with Crippen molar-refractivity contribution < 1.29 is 9.21 Å². The minimum atomic E-state index is -0.684. The minimum Gasteiger partial charge on any atom is -0.432 e. The number of nitrogens with zero attached hydrogens (tertiary/aromatic N) is 3. The van der Waals surface area contributed by atoms with Crippen LogP contribution in [0.4, 0.5) is 5.69 Å². The first-order chi connectivity index (χ1) is 11.3. The fourth-order valence-electron chi connectivity index (χ4n) is 2.18. The summed E-state index contributed by atoms with van der Waals surface area (Å²) in [6, 6.07) is 5.40. The Morgan fingerprint density at radius 1 is 1.25 bits per heavy atom. The molecule has 124 valence electrons. The maximum Gasteiger partial charge on any atom is 0.304 e. The Morgan fingerprint density at radius 2 is 1.96 bits per heavy atom.